The first-order chi connectivity index (χ1) is 12.1. The van der Waals surface area contributed by atoms with Crippen molar-refractivity contribution in [2.45, 2.75) is 0 Å². The van der Waals surface area contributed by atoms with Crippen molar-refractivity contribution >= 4 is 22.3 Å². The van der Waals surface area contributed by atoms with Gasteiger partial charge in [-0.3, -0.25) is 4.79 Å². The fourth-order valence-electron chi connectivity index (χ4n) is 2.84. The molecule has 6 nitrogen and oxygen atoms in total. The molecule has 0 saturated heterocycles. The minimum absolute atomic E-state index is 0.0113. The monoisotopic (exact) mass is 336 g/mol. The van der Waals surface area contributed by atoms with Crippen molar-refractivity contribution in [3.8, 4) is 11.8 Å². The number of nitrogens with zero attached hydrogens (tertiary/aromatic N) is 3. The molecule has 2 heterocycles. The lowest BCUT2D eigenvalue weighted by atomic mass is 10.1. The number of pyridine rings is 1. The molecule has 6 heteroatoms. The van der Waals surface area contributed by atoms with Gasteiger partial charge in [-0.05, 0) is 32.3 Å². The summed E-state index contributed by atoms with van der Waals surface area (Å²) in [6.07, 6.45) is 1.81. The third kappa shape index (κ3) is 3.42. The van der Waals surface area contributed by atoms with E-state index in [1.165, 1.54) is 0 Å². The molecule has 3 aromatic rings. The second kappa shape index (κ2) is 7.24. The first kappa shape index (κ1) is 16.8. The Morgan fingerprint density at radius 1 is 1.24 bits per heavy atom. The minimum Gasteiger partial charge on any atom is -0.477 e. The maximum atomic E-state index is 12.8. The van der Waals surface area contributed by atoms with Gasteiger partial charge in [-0.2, -0.15) is 5.26 Å². The maximum Gasteiger partial charge on any atom is 0.254 e. The summed E-state index contributed by atoms with van der Waals surface area (Å²) in [5.74, 6) is 0.501. The molecule has 0 bridgehead atoms. The summed E-state index contributed by atoms with van der Waals surface area (Å²) in [5, 5.41) is 12.5. The van der Waals surface area contributed by atoms with Crippen LogP contribution in [0, 0.1) is 11.3 Å². The Morgan fingerprint density at radius 3 is 2.80 bits per heavy atom. The Kier molecular flexibility index (Phi) is 4.87. The van der Waals surface area contributed by atoms with E-state index in [4.69, 9.17) is 10.00 Å². The predicted octanol–water partition coefficient (Wildman–Crippen LogP) is 2.29. The number of para-hydroxylation sites is 1. The standard InChI is InChI=1S/C19H20N4O2/c1-22(2)11-10-21-19(24)18-15-5-3-4-6-16(15)23-13-14(25-12-9-20)7-8-17(18)23/h3-8,13H,10-12H2,1-2H3,(H,21,24). The van der Waals surface area contributed by atoms with Crippen LogP contribution in [0.1, 0.15) is 10.4 Å². The summed E-state index contributed by atoms with van der Waals surface area (Å²) < 4.78 is 7.32. The Morgan fingerprint density at radius 2 is 2.04 bits per heavy atom. The summed E-state index contributed by atoms with van der Waals surface area (Å²) in [6, 6.07) is 13.4. The Hall–Kier alpha value is -3.04. The highest BCUT2D eigenvalue weighted by Gasteiger charge is 2.18. The van der Waals surface area contributed by atoms with Gasteiger partial charge in [0.2, 0.25) is 0 Å². The van der Waals surface area contributed by atoms with Gasteiger partial charge in [0.1, 0.15) is 11.8 Å². The molecule has 2 aromatic heterocycles. The lowest BCUT2D eigenvalue weighted by molar-refractivity contribution is 0.0954. The van der Waals surface area contributed by atoms with Crippen LogP contribution in [0.2, 0.25) is 0 Å². The van der Waals surface area contributed by atoms with Gasteiger partial charge in [-0.1, -0.05) is 18.2 Å². The molecule has 0 unspecified atom stereocenters. The fraction of sp³-hybridized carbons (Fsp3) is 0.263. The number of fused-ring (bicyclic) bond motifs is 3. The number of nitrogens with one attached hydrogen (secondary N) is 1. The second-order valence-corrected chi connectivity index (χ2v) is 6.02. The van der Waals surface area contributed by atoms with Crippen LogP contribution in [0.15, 0.2) is 42.6 Å². The number of ether oxygens (including phenoxy) is 1. The van der Waals surface area contributed by atoms with Crippen molar-refractivity contribution in [3.63, 3.8) is 0 Å². The highest BCUT2D eigenvalue weighted by atomic mass is 16.5. The van der Waals surface area contributed by atoms with Gasteiger partial charge in [0.25, 0.3) is 5.91 Å². The third-order valence-corrected chi connectivity index (χ3v) is 3.99. The van der Waals surface area contributed by atoms with Crippen molar-refractivity contribution in [2.75, 3.05) is 33.8 Å². The molecule has 0 fully saturated rings. The van der Waals surface area contributed by atoms with Crippen molar-refractivity contribution < 1.29 is 9.53 Å². The number of hydrogen-bond donors (Lipinski definition) is 1. The van der Waals surface area contributed by atoms with Crippen LogP contribution < -0.4 is 10.1 Å². The SMILES string of the molecule is CN(C)CCNC(=O)c1c2ccccc2n2cc(OCC#N)ccc12. The van der Waals surface area contributed by atoms with Gasteiger partial charge in [-0.15, -0.1) is 0 Å². The van der Waals surface area contributed by atoms with Crippen LogP contribution in [0.3, 0.4) is 0 Å². The zero-order valence-electron chi connectivity index (χ0n) is 14.3. The van der Waals surface area contributed by atoms with Crippen molar-refractivity contribution in [1.82, 2.24) is 14.6 Å². The molecule has 25 heavy (non-hydrogen) atoms. The van der Waals surface area contributed by atoms with Crippen LogP contribution in [0.4, 0.5) is 0 Å². The van der Waals surface area contributed by atoms with Gasteiger partial charge < -0.3 is 19.4 Å². The first-order valence-electron chi connectivity index (χ1n) is 8.07. The topological polar surface area (TPSA) is 69.8 Å². The van der Waals surface area contributed by atoms with E-state index in [1.807, 2.05) is 66.0 Å². The smallest absolute Gasteiger partial charge is 0.254 e. The van der Waals surface area contributed by atoms with Crippen molar-refractivity contribution in [1.29, 1.82) is 5.26 Å². The average Bonchev–Trinajstić information content (AvgIpc) is 2.93. The number of hydrogen-bond acceptors (Lipinski definition) is 4. The summed E-state index contributed by atoms with van der Waals surface area (Å²) in [5.41, 5.74) is 2.40. The van der Waals surface area contributed by atoms with Gasteiger partial charge in [0, 0.05) is 18.5 Å². The van der Waals surface area contributed by atoms with E-state index >= 15 is 0 Å². The first-order valence-corrected chi connectivity index (χ1v) is 8.07. The molecular weight excluding hydrogens is 316 g/mol. The van der Waals surface area contributed by atoms with Gasteiger partial charge in [0.05, 0.1) is 22.8 Å². The lowest BCUT2D eigenvalue weighted by Crippen LogP contribution is -2.31. The molecule has 1 aromatic carbocycles. The number of nitriles is 1. The Bertz CT molecular complexity index is 953. The number of rotatable bonds is 6. The lowest BCUT2D eigenvalue weighted by Gasteiger charge is -2.10. The number of carbonyl (C=O) groups is 1. The van der Waals surface area contributed by atoms with Crippen LogP contribution in [0.5, 0.6) is 5.75 Å². The molecule has 1 amide bonds. The minimum atomic E-state index is -0.0914. The van der Waals surface area contributed by atoms with E-state index in [0.717, 1.165) is 23.0 Å². The molecule has 0 aliphatic heterocycles. The molecule has 0 atom stereocenters. The number of aromatic nitrogens is 1. The van der Waals surface area contributed by atoms with E-state index in [9.17, 15) is 4.79 Å². The molecular formula is C19H20N4O2. The summed E-state index contributed by atoms with van der Waals surface area (Å²) in [7, 11) is 3.94. The van der Waals surface area contributed by atoms with Crippen LogP contribution >= 0.6 is 0 Å². The zero-order chi connectivity index (χ0) is 17.8. The molecule has 0 saturated carbocycles. The predicted molar refractivity (Wildman–Crippen MR) is 96.9 cm³/mol. The Labute approximate surface area is 146 Å². The molecule has 3 rings (SSSR count). The second-order valence-electron chi connectivity index (χ2n) is 6.02. The number of amides is 1. The van der Waals surface area contributed by atoms with Crippen molar-refractivity contribution in [2.24, 2.45) is 0 Å². The largest absolute Gasteiger partial charge is 0.477 e. The Balaban J connectivity index is 2.04. The fourth-order valence-corrected chi connectivity index (χ4v) is 2.84. The average molecular weight is 336 g/mol. The summed E-state index contributed by atoms with van der Waals surface area (Å²) in [6.45, 7) is 1.35. The quantitative estimate of drug-likeness (QED) is 0.750. The molecule has 0 spiro atoms. The van der Waals surface area contributed by atoms with E-state index < -0.39 is 0 Å². The van der Waals surface area contributed by atoms with Crippen LogP contribution in [0.25, 0.3) is 16.4 Å². The highest BCUT2D eigenvalue weighted by Crippen LogP contribution is 2.28. The summed E-state index contributed by atoms with van der Waals surface area (Å²) in [4.78, 5) is 14.8. The normalized spacial score (nSPS) is 11.0. The molecule has 0 aliphatic carbocycles. The van der Waals surface area contributed by atoms with E-state index in [1.54, 1.807) is 6.07 Å². The van der Waals surface area contributed by atoms with Gasteiger partial charge in [-0.25, -0.2) is 0 Å². The van der Waals surface area contributed by atoms with E-state index in [0.29, 0.717) is 17.9 Å². The molecule has 0 radical (unpaired) electrons. The molecule has 1 N–H and O–H groups in total. The third-order valence-electron chi connectivity index (χ3n) is 3.99. The molecule has 0 aliphatic rings. The van der Waals surface area contributed by atoms with Crippen LogP contribution in [-0.4, -0.2) is 49.0 Å². The zero-order valence-corrected chi connectivity index (χ0v) is 14.3. The maximum absolute atomic E-state index is 12.8. The van der Waals surface area contributed by atoms with Crippen molar-refractivity contribution in [3.05, 3.63) is 48.2 Å². The van der Waals surface area contributed by atoms with E-state index in [2.05, 4.69) is 5.32 Å². The number of benzene rings is 1. The van der Waals surface area contributed by atoms with Crippen LogP contribution in [-0.2, 0) is 0 Å². The summed E-state index contributed by atoms with van der Waals surface area (Å²) >= 11 is 0. The van der Waals surface area contributed by atoms with Gasteiger partial charge >= 0.3 is 0 Å². The van der Waals surface area contributed by atoms with Gasteiger partial charge in [0.15, 0.2) is 6.61 Å². The number of carbonyl (C=O) groups excluding carboxylic acids is 1. The molecule has 128 valence electrons. The highest BCUT2D eigenvalue weighted by molar-refractivity contribution is 6.13. The van der Waals surface area contributed by atoms with E-state index in [-0.39, 0.29) is 12.5 Å². The number of likely N-dealkylation sites (N-methyl/N-ethyl adjacent to an activating group) is 1.